The van der Waals surface area contributed by atoms with E-state index in [1.807, 2.05) is 53.1 Å². The van der Waals surface area contributed by atoms with E-state index in [1.54, 1.807) is 18.5 Å². The van der Waals surface area contributed by atoms with E-state index in [1.165, 1.54) is 0 Å². The summed E-state index contributed by atoms with van der Waals surface area (Å²) < 4.78 is 1.86. The normalized spacial score (nSPS) is 11.3. The Bertz CT molecular complexity index is 1230. The van der Waals surface area contributed by atoms with Crippen molar-refractivity contribution in [2.75, 3.05) is 0 Å². The third-order valence-corrected chi connectivity index (χ3v) is 4.46. The van der Waals surface area contributed by atoms with Gasteiger partial charge in [0, 0.05) is 29.5 Å². The second kappa shape index (κ2) is 5.86. The second-order valence-corrected chi connectivity index (χ2v) is 6.09. The first kappa shape index (κ1) is 14.9. The molecule has 0 saturated heterocycles. The summed E-state index contributed by atoms with van der Waals surface area (Å²) in [6.07, 6.45) is 5.22. The molecule has 0 fully saturated rings. The van der Waals surface area contributed by atoms with Gasteiger partial charge in [-0.25, -0.2) is 15.0 Å². The molecule has 0 aliphatic heterocycles. The van der Waals surface area contributed by atoms with Crippen molar-refractivity contribution >= 4 is 28.2 Å². The summed E-state index contributed by atoms with van der Waals surface area (Å²) in [4.78, 5) is 13.1. The minimum absolute atomic E-state index is 0.458. The van der Waals surface area contributed by atoms with Crippen LogP contribution in [0.3, 0.4) is 0 Å². The number of aromatic nitrogens is 6. The van der Waals surface area contributed by atoms with Gasteiger partial charge in [0.15, 0.2) is 11.5 Å². The summed E-state index contributed by atoms with van der Waals surface area (Å²) in [5.41, 5.74) is 3.30. The van der Waals surface area contributed by atoms with Gasteiger partial charge < -0.3 is 0 Å². The first-order valence-corrected chi connectivity index (χ1v) is 8.36. The van der Waals surface area contributed by atoms with E-state index < -0.39 is 0 Å². The van der Waals surface area contributed by atoms with Gasteiger partial charge in [-0.2, -0.15) is 0 Å². The Balaban J connectivity index is 1.79. The Hall–Kier alpha value is -3.38. The molecule has 0 atom stereocenters. The summed E-state index contributed by atoms with van der Waals surface area (Å²) >= 11 is 6.42. The van der Waals surface area contributed by atoms with Crippen molar-refractivity contribution in [2.24, 2.45) is 0 Å². The SMILES string of the molecule is Clc1nc2ccn3c(-c4ncccn4)nnc3c2cc1-c1ccccc1. The van der Waals surface area contributed by atoms with Gasteiger partial charge in [0.1, 0.15) is 5.15 Å². The van der Waals surface area contributed by atoms with Gasteiger partial charge >= 0.3 is 0 Å². The number of nitrogens with zero attached hydrogens (tertiary/aromatic N) is 6. The largest absolute Gasteiger partial charge is 0.279 e. The topological polar surface area (TPSA) is 68.9 Å². The molecule has 0 amide bonds. The fraction of sp³-hybridized carbons (Fsp3) is 0. The second-order valence-electron chi connectivity index (χ2n) is 5.73. The zero-order valence-electron chi connectivity index (χ0n) is 13.4. The molecule has 5 aromatic rings. The monoisotopic (exact) mass is 358 g/mol. The molecule has 26 heavy (non-hydrogen) atoms. The Morgan fingerprint density at radius 3 is 2.50 bits per heavy atom. The van der Waals surface area contributed by atoms with Crippen LogP contribution >= 0.6 is 11.6 Å². The highest BCUT2D eigenvalue weighted by Crippen LogP contribution is 2.31. The van der Waals surface area contributed by atoms with Gasteiger partial charge in [-0.1, -0.05) is 41.9 Å². The zero-order valence-corrected chi connectivity index (χ0v) is 14.2. The number of hydrogen-bond donors (Lipinski definition) is 0. The van der Waals surface area contributed by atoms with Crippen molar-refractivity contribution in [3.8, 4) is 22.8 Å². The Morgan fingerprint density at radius 2 is 1.69 bits per heavy atom. The number of halogens is 1. The molecule has 0 bridgehead atoms. The van der Waals surface area contributed by atoms with E-state index in [9.17, 15) is 0 Å². The lowest BCUT2D eigenvalue weighted by atomic mass is 10.1. The smallest absolute Gasteiger partial charge is 0.206 e. The summed E-state index contributed by atoms with van der Waals surface area (Å²) in [5, 5.41) is 9.93. The van der Waals surface area contributed by atoms with Crippen LogP contribution in [0.1, 0.15) is 0 Å². The summed E-state index contributed by atoms with van der Waals surface area (Å²) in [7, 11) is 0. The van der Waals surface area contributed by atoms with Crippen LogP contribution in [-0.2, 0) is 0 Å². The number of rotatable bonds is 2. The first-order chi connectivity index (χ1) is 12.8. The molecule has 0 aliphatic rings. The van der Waals surface area contributed by atoms with Gasteiger partial charge in [-0.05, 0) is 23.8 Å². The Labute approximate surface area is 153 Å². The fourth-order valence-corrected chi connectivity index (χ4v) is 3.21. The summed E-state index contributed by atoms with van der Waals surface area (Å²) in [6.45, 7) is 0. The third kappa shape index (κ3) is 2.31. The van der Waals surface area contributed by atoms with Crippen molar-refractivity contribution in [1.29, 1.82) is 0 Å². The molecule has 4 aromatic heterocycles. The first-order valence-electron chi connectivity index (χ1n) is 7.98. The van der Waals surface area contributed by atoms with E-state index in [0.29, 0.717) is 22.4 Å². The lowest BCUT2D eigenvalue weighted by Gasteiger charge is -2.07. The molecule has 4 heterocycles. The summed E-state index contributed by atoms with van der Waals surface area (Å²) in [6, 6.07) is 15.6. The maximum absolute atomic E-state index is 6.42. The molecule has 0 saturated carbocycles. The molecular formula is C19H11ClN6. The average Bonchev–Trinajstić information content (AvgIpc) is 3.13. The Kier molecular flexibility index (Phi) is 3.36. The zero-order chi connectivity index (χ0) is 17.5. The maximum Gasteiger partial charge on any atom is 0.206 e. The van der Waals surface area contributed by atoms with Crippen molar-refractivity contribution < 1.29 is 0 Å². The fourth-order valence-electron chi connectivity index (χ4n) is 2.96. The van der Waals surface area contributed by atoms with Gasteiger partial charge in [0.05, 0.1) is 5.52 Å². The molecule has 124 valence electrons. The van der Waals surface area contributed by atoms with Crippen molar-refractivity contribution in [3.63, 3.8) is 0 Å². The molecule has 5 rings (SSSR count). The third-order valence-electron chi connectivity index (χ3n) is 4.17. The molecular weight excluding hydrogens is 348 g/mol. The van der Waals surface area contributed by atoms with Crippen molar-refractivity contribution in [3.05, 3.63) is 72.3 Å². The van der Waals surface area contributed by atoms with Gasteiger partial charge in [-0.3, -0.25) is 4.40 Å². The molecule has 1 aromatic carbocycles. The van der Waals surface area contributed by atoms with Crippen molar-refractivity contribution in [2.45, 2.75) is 0 Å². The maximum atomic E-state index is 6.42. The average molecular weight is 359 g/mol. The lowest BCUT2D eigenvalue weighted by molar-refractivity contribution is 1.05. The van der Waals surface area contributed by atoms with E-state index in [4.69, 9.17) is 11.6 Å². The predicted molar refractivity (Wildman–Crippen MR) is 99.8 cm³/mol. The lowest BCUT2D eigenvalue weighted by Crippen LogP contribution is -1.95. The number of fused-ring (bicyclic) bond motifs is 3. The van der Waals surface area contributed by atoms with Crippen LogP contribution in [0.2, 0.25) is 5.15 Å². The van der Waals surface area contributed by atoms with Crippen LogP contribution in [-0.4, -0.2) is 29.5 Å². The number of hydrogen-bond acceptors (Lipinski definition) is 5. The van der Waals surface area contributed by atoms with Crippen LogP contribution in [0.15, 0.2) is 67.1 Å². The summed E-state index contributed by atoms with van der Waals surface area (Å²) in [5.74, 6) is 1.10. The van der Waals surface area contributed by atoms with Crippen LogP contribution in [0, 0.1) is 0 Å². The minimum Gasteiger partial charge on any atom is -0.279 e. The van der Waals surface area contributed by atoms with E-state index in [2.05, 4.69) is 25.1 Å². The standard InChI is InChI=1S/C19H11ClN6/c20-16-13(12-5-2-1-3-6-12)11-14-15(23-16)7-10-26-18(14)24-25-19(26)17-21-8-4-9-22-17/h1-11H. The highest BCUT2D eigenvalue weighted by atomic mass is 35.5. The van der Waals surface area contributed by atoms with Crippen LogP contribution in [0.25, 0.3) is 39.3 Å². The highest BCUT2D eigenvalue weighted by Gasteiger charge is 2.15. The molecule has 0 aliphatic carbocycles. The van der Waals surface area contributed by atoms with Crippen LogP contribution in [0.5, 0.6) is 0 Å². The quantitative estimate of drug-likeness (QED) is 0.445. The number of benzene rings is 1. The molecule has 0 radical (unpaired) electrons. The molecule has 7 heteroatoms. The predicted octanol–water partition coefficient (Wildman–Crippen LogP) is 4.05. The Morgan fingerprint density at radius 1 is 0.885 bits per heavy atom. The van der Waals surface area contributed by atoms with Crippen molar-refractivity contribution in [1.82, 2.24) is 29.5 Å². The highest BCUT2D eigenvalue weighted by molar-refractivity contribution is 6.32. The van der Waals surface area contributed by atoms with Gasteiger partial charge in [-0.15, -0.1) is 10.2 Å². The molecule has 0 unspecified atom stereocenters. The number of pyridine rings is 2. The van der Waals surface area contributed by atoms with Gasteiger partial charge in [0.25, 0.3) is 0 Å². The van der Waals surface area contributed by atoms with Crippen LogP contribution in [0.4, 0.5) is 0 Å². The van der Waals surface area contributed by atoms with E-state index in [0.717, 1.165) is 22.0 Å². The molecule has 0 N–H and O–H groups in total. The molecule has 6 nitrogen and oxygen atoms in total. The van der Waals surface area contributed by atoms with Gasteiger partial charge in [0.2, 0.25) is 5.82 Å². The van der Waals surface area contributed by atoms with E-state index in [-0.39, 0.29) is 0 Å². The van der Waals surface area contributed by atoms with E-state index >= 15 is 0 Å². The van der Waals surface area contributed by atoms with Crippen LogP contribution < -0.4 is 0 Å². The molecule has 0 spiro atoms. The minimum atomic E-state index is 0.458.